The lowest BCUT2D eigenvalue weighted by Crippen LogP contribution is -2.44. The molecule has 0 radical (unpaired) electrons. The van der Waals surface area contributed by atoms with E-state index in [0.29, 0.717) is 5.69 Å². The third-order valence-electron chi connectivity index (χ3n) is 4.95. The van der Waals surface area contributed by atoms with Gasteiger partial charge in [-0.2, -0.15) is 0 Å². The minimum atomic E-state index is -0.332. The van der Waals surface area contributed by atoms with E-state index >= 15 is 0 Å². The normalized spacial score (nSPS) is 18.1. The zero-order chi connectivity index (χ0) is 17.2. The second kappa shape index (κ2) is 6.79. The molecule has 0 bridgehead atoms. The van der Waals surface area contributed by atoms with Crippen molar-refractivity contribution in [1.29, 1.82) is 0 Å². The van der Waals surface area contributed by atoms with Crippen LogP contribution >= 0.6 is 0 Å². The Bertz CT molecular complexity index is 667. The van der Waals surface area contributed by atoms with E-state index in [2.05, 4.69) is 12.2 Å². The van der Waals surface area contributed by atoms with E-state index in [-0.39, 0.29) is 23.0 Å². The van der Waals surface area contributed by atoms with Crippen LogP contribution in [0.25, 0.3) is 0 Å². The number of aromatic hydroxyl groups is 1. The van der Waals surface area contributed by atoms with Crippen molar-refractivity contribution in [3.8, 4) is 5.75 Å². The maximum Gasteiger partial charge on any atom is 0.123 e. The summed E-state index contributed by atoms with van der Waals surface area (Å²) in [6, 6.07) is 12.5. The van der Waals surface area contributed by atoms with E-state index in [1.165, 1.54) is 17.2 Å². The third-order valence-corrected chi connectivity index (χ3v) is 4.95. The number of phenolic OH excluding ortho intramolecular Hbond substituents is 1. The second-order valence-corrected chi connectivity index (χ2v) is 6.72. The van der Waals surface area contributed by atoms with Gasteiger partial charge in [0, 0.05) is 0 Å². The summed E-state index contributed by atoms with van der Waals surface area (Å²) in [5.74, 6) is -0.138. The van der Waals surface area contributed by atoms with Gasteiger partial charge in [0.25, 0.3) is 0 Å². The predicted octanol–water partition coefficient (Wildman–Crippen LogP) is 3.86. The summed E-state index contributed by atoms with van der Waals surface area (Å²) in [5, 5.41) is 25.1. The topological polar surface area (TPSA) is 55.7 Å². The van der Waals surface area contributed by atoms with Gasteiger partial charge in [-0.1, -0.05) is 19.1 Å². The van der Waals surface area contributed by atoms with Crippen LogP contribution in [0.15, 0.2) is 48.5 Å². The zero-order valence-electron chi connectivity index (χ0n) is 13.7. The van der Waals surface area contributed by atoms with Crippen LogP contribution in [-0.4, -0.2) is 23.4 Å². The Morgan fingerprint density at radius 1 is 1.04 bits per heavy atom. The van der Waals surface area contributed by atoms with Crippen LogP contribution in [0.4, 0.5) is 10.1 Å². The summed E-state index contributed by atoms with van der Waals surface area (Å²) in [4.78, 5) is 0. The molecule has 1 saturated heterocycles. The van der Waals surface area contributed by atoms with Gasteiger partial charge in [0.1, 0.15) is 11.6 Å². The fourth-order valence-corrected chi connectivity index (χ4v) is 3.51. The number of hydroxylamine groups is 1. The number of halogens is 1. The van der Waals surface area contributed by atoms with Crippen LogP contribution in [0.5, 0.6) is 5.75 Å². The molecule has 1 fully saturated rings. The number of phenols is 1. The summed E-state index contributed by atoms with van der Waals surface area (Å²) >= 11 is 0. The monoisotopic (exact) mass is 330 g/mol. The van der Waals surface area contributed by atoms with Crippen molar-refractivity contribution in [2.24, 2.45) is 5.41 Å². The van der Waals surface area contributed by atoms with Gasteiger partial charge >= 0.3 is 0 Å². The third kappa shape index (κ3) is 3.37. The Morgan fingerprint density at radius 2 is 1.62 bits per heavy atom. The van der Waals surface area contributed by atoms with Gasteiger partial charge in [0.2, 0.25) is 0 Å². The SMILES string of the molecule is CC1(C(c2ccc(O)cc2)N(O)c2ccc(F)cc2)CCNCC1. The number of piperidine rings is 1. The molecule has 24 heavy (non-hydrogen) atoms. The summed E-state index contributed by atoms with van der Waals surface area (Å²) in [6.45, 7) is 3.95. The Kier molecular flexibility index (Phi) is 4.73. The molecular formula is C19H23FN2O2. The maximum absolute atomic E-state index is 13.2. The summed E-state index contributed by atoms with van der Waals surface area (Å²) in [7, 11) is 0. The first-order chi connectivity index (χ1) is 11.5. The van der Waals surface area contributed by atoms with Gasteiger partial charge in [-0.15, -0.1) is 0 Å². The number of anilines is 1. The summed E-state index contributed by atoms with van der Waals surface area (Å²) in [6.07, 6.45) is 1.83. The first-order valence-electron chi connectivity index (χ1n) is 8.23. The molecular weight excluding hydrogens is 307 g/mol. The Balaban J connectivity index is 2.00. The van der Waals surface area contributed by atoms with E-state index in [1.54, 1.807) is 24.3 Å². The molecule has 2 aromatic carbocycles. The van der Waals surface area contributed by atoms with E-state index in [1.807, 2.05) is 12.1 Å². The van der Waals surface area contributed by atoms with Gasteiger partial charge in [-0.3, -0.25) is 5.21 Å². The lowest BCUT2D eigenvalue weighted by atomic mass is 9.71. The lowest BCUT2D eigenvalue weighted by molar-refractivity contribution is 0.0963. The lowest BCUT2D eigenvalue weighted by Gasteiger charge is -2.45. The van der Waals surface area contributed by atoms with Crippen molar-refractivity contribution >= 4 is 5.69 Å². The molecule has 1 aliphatic heterocycles. The Hall–Kier alpha value is -2.11. The average Bonchev–Trinajstić information content (AvgIpc) is 2.58. The highest BCUT2D eigenvalue weighted by atomic mass is 19.1. The van der Waals surface area contributed by atoms with Crippen LogP contribution in [0.3, 0.4) is 0 Å². The second-order valence-electron chi connectivity index (χ2n) is 6.72. The van der Waals surface area contributed by atoms with Gasteiger partial charge in [-0.25, -0.2) is 9.45 Å². The fourth-order valence-electron chi connectivity index (χ4n) is 3.51. The largest absolute Gasteiger partial charge is 0.508 e. The van der Waals surface area contributed by atoms with Crippen LogP contribution in [-0.2, 0) is 0 Å². The molecule has 0 amide bonds. The first-order valence-corrected chi connectivity index (χ1v) is 8.23. The highest BCUT2D eigenvalue weighted by molar-refractivity contribution is 5.47. The minimum Gasteiger partial charge on any atom is -0.508 e. The van der Waals surface area contributed by atoms with Gasteiger partial charge in [0.15, 0.2) is 0 Å². The molecule has 0 saturated carbocycles. The van der Waals surface area contributed by atoms with Crippen LogP contribution in [0, 0.1) is 11.2 Å². The maximum atomic E-state index is 13.2. The molecule has 1 unspecified atom stereocenters. The standard InChI is InChI=1S/C19H23FN2O2/c1-19(10-12-21-13-11-19)18(14-2-8-17(23)9-3-14)22(24)16-6-4-15(20)5-7-16/h2-9,18,21,23-24H,10-13H2,1H3. The molecule has 5 heteroatoms. The molecule has 0 aromatic heterocycles. The van der Waals surface area contributed by atoms with Crippen molar-refractivity contribution in [3.05, 3.63) is 59.9 Å². The number of hydrogen-bond donors (Lipinski definition) is 3. The van der Waals surface area contributed by atoms with Gasteiger partial charge < -0.3 is 10.4 Å². The van der Waals surface area contributed by atoms with Crippen molar-refractivity contribution in [3.63, 3.8) is 0 Å². The molecule has 3 rings (SSSR count). The molecule has 0 aliphatic carbocycles. The molecule has 4 nitrogen and oxygen atoms in total. The zero-order valence-corrected chi connectivity index (χ0v) is 13.7. The molecule has 0 spiro atoms. The van der Waals surface area contributed by atoms with E-state index in [0.717, 1.165) is 31.5 Å². The predicted molar refractivity (Wildman–Crippen MR) is 91.7 cm³/mol. The molecule has 3 N–H and O–H groups in total. The molecule has 1 aliphatic rings. The van der Waals surface area contributed by atoms with Crippen LogP contribution in [0.2, 0.25) is 0 Å². The Morgan fingerprint density at radius 3 is 2.21 bits per heavy atom. The summed E-state index contributed by atoms with van der Waals surface area (Å²) < 4.78 is 13.2. The number of nitrogens with one attached hydrogen (secondary N) is 1. The number of nitrogens with zero attached hydrogens (tertiary/aromatic N) is 1. The minimum absolute atomic E-state index is 0.147. The fraction of sp³-hybridized carbons (Fsp3) is 0.368. The number of hydrogen-bond acceptors (Lipinski definition) is 4. The smallest absolute Gasteiger partial charge is 0.123 e. The van der Waals surface area contributed by atoms with E-state index in [4.69, 9.17) is 0 Å². The van der Waals surface area contributed by atoms with Gasteiger partial charge in [-0.05, 0) is 73.3 Å². The number of benzene rings is 2. The van der Waals surface area contributed by atoms with E-state index in [9.17, 15) is 14.7 Å². The molecule has 2 aromatic rings. The summed E-state index contributed by atoms with van der Waals surface area (Å²) in [5.41, 5.74) is 1.32. The highest BCUT2D eigenvalue weighted by Crippen LogP contribution is 2.45. The van der Waals surface area contributed by atoms with Crippen molar-refractivity contribution in [1.82, 2.24) is 5.32 Å². The highest BCUT2D eigenvalue weighted by Gasteiger charge is 2.40. The van der Waals surface area contributed by atoms with Crippen LogP contribution in [0.1, 0.15) is 31.4 Å². The molecule has 1 heterocycles. The molecule has 128 valence electrons. The van der Waals surface area contributed by atoms with Crippen molar-refractivity contribution in [2.75, 3.05) is 18.2 Å². The Labute approximate surface area is 141 Å². The van der Waals surface area contributed by atoms with Crippen molar-refractivity contribution < 1.29 is 14.7 Å². The number of rotatable bonds is 4. The quantitative estimate of drug-likeness (QED) is 0.745. The van der Waals surface area contributed by atoms with Crippen molar-refractivity contribution in [2.45, 2.75) is 25.8 Å². The average molecular weight is 330 g/mol. The first kappa shape index (κ1) is 16.7. The van der Waals surface area contributed by atoms with Gasteiger partial charge in [0.05, 0.1) is 11.7 Å². The van der Waals surface area contributed by atoms with E-state index < -0.39 is 0 Å². The molecule has 1 atom stereocenters. The van der Waals surface area contributed by atoms with Crippen LogP contribution < -0.4 is 10.4 Å².